The van der Waals surface area contributed by atoms with Crippen molar-refractivity contribution in [2.24, 2.45) is 0 Å². The van der Waals surface area contributed by atoms with Crippen LogP contribution >= 0.6 is 0 Å². The number of hydrogen-bond acceptors (Lipinski definition) is 2. The van der Waals surface area contributed by atoms with Crippen LogP contribution in [0.2, 0.25) is 0 Å². The monoisotopic (exact) mass is 382 g/mol. The van der Waals surface area contributed by atoms with Gasteiger partial charge in [-0.15, -0.1) is 0 Å². The number of H-pyrrole nitrogens is 1. The second kappa shape index (κ2) is 7.13. The molecule has 0 bridgehead atoms. The number of fused-ring (bicyclic) bond motifs is 2. The van der Waals surface area contributed by atoms with E-state index in [1.807, 2.05) is 77.7 Å². The lowest BCUT2D eigenvalue weighted by molar-refractivity contribution is 0.0977. The minimum absolute atomic E-state index is 0.00500. The van der Waals surface area contributed by atoms with Crippen LogP contribution in [0.1, 0.15) is 28.5 Å². The fraction of sp³-hybridized carbons (Fsp3) is 0.160. The highest BCUT2D eigenvalue weighted by Gasteiger charge is 2.31. The van der Waals surface area contributed by atoms with Crippen molar-refractivity contribution in [3.05, 3.63) is 95.7 Å². The van der Waals surface area contributed by atoms with E-state index < -0.39 is 0 Å². The van der Waals surface area contributed by atoms with E-state index in [4.69, 9.17) is 4.74 Å². The molecule has 1 N–H and O–H groups in total. The first-order valence-electron chi connectivity index (χ1n) is 9.90. The van der Waals surface area contributed by atoms with Gasteiger partial charge >= 0.3 is 0 Å². The van der Waals surface area contributed by atoms with Gasteiger partial charge in [-0.05, 0) is 48.7 Å². The van der Waals surface area contributed by atoms with E-state index in [1.54, 1.807) is 0 Å². The minimum Gasteiger partial charge on any atom is -0.489 e. The van der Waals surface area contributed by atoms with Gasteiger partial charge in [0.1, 0.15) is 18.1 Å². The molecule has 2 heterocycles. The quantitative estimate of drug-likeness (QED) is 0.518. The number of nitrogens with one attached hydrogen (secondary N) is 1. The number of carbonyl (C=O) groups is 1. The lowest BCUT2D eigenvalue weighted by Gasteiger charge is -2.22. The Bertz CT molecular complexity index is 1180. The summed E-state index contributed by atoms with van der Waals surface area (Å²) in [6.45, 7) is 2.61. The summed E-state index contributed by atoms with van der Waals surface area (Å²) in [6, 6.07) is 26.2. The van der Waals surface area contributed by atoms with E-state index in [9.17, 15) is 4.79 Å². The summed E-state index contributed by atoms with van der Waals surface area (Å²) in [4.78, 5) is 18.4. The Balaban J connectivity index is 1.39. The van der Waals surface area contributed by atoms with Gasteiger partial charge in [-0.25, -0.2) is 0 Å². The molecular weight excluding hydrogens is 360 g/mol. The fourth-order valence-electron chi connectivity index (χ4n) is 4.06. The number of aromatic nitrogens is 1. The van der Waals surface area contributed by atoms with E-state index in [-0.39, 0.29) is 11.9 Å². The molecule has 0 saturated carbocycles. The molecule has 1 atom stereocenters. The van der Waals surface area contributed by atoms with Crippen molar-refractivity contribution in [2.75, 3.05) is 4.90 Å². The van der Waals surface area contributed by atoms with Crippen LogP contribution in [0.5, 0.6) is 5.75 Å². The van der Waals surface area contributed by atoms with Crippen molar-refractivity contribution in [1.82, 2.24) is 4.98 Å². The first-order chi connectivity index (χ1) is 14.2. The molecule has 1 unspecified atom stereocenters. The Labute approximate surface area is 169 Å². The molecule has 1 amide bonds. The summed E-state index contributed by atoms with van der Waals surface area (Å²) in [5.74, 6) is 0.785. The van der Waals surface area contributed by atoms with Crippen molar-refractivity contribution in [3.63, 3.8) is 0 Å². The first kappa shape index (κ1) is 17.6. The predicted octanol–water partition coefficient (Wildman–Crippen LogP) is 5.34. The van der Waals surface area contributed by atoms with Gasteiger partial charge in [0.2, 0.25) is 0 Å². The largest absolute Gasteiger partial charge is 0.489 e. The van der Waals surface area contributed by atoms with E-state index in [2.05, 4.69) is 18.0 Å². The number of nitrogens with zero attached hydrogens (tertiary/aromatic N) is 1. The lowest BCUT2D eigenvalue weighted by atomic mass is 10.1. The second-order valence-electron chi connectivity index (χ2n) is 7.56. The van der Waals surface area contributed by atoms with Crippen LogP contribution in [-0.2, 0) is 13.0 Å². The Hall–Kier alpha value is -3.53. The lowest BCUT2D eigenvalue weighted by Crippen LogP contribution is -2.35. The number of para-hydroxylation sites is 1. The number of amides is 1. The highest BCUT2D eigenvalue weighted by atomic mass is 16.5. The van der Waals surface area contributed by atoms with Gasteiger partial charge in [-0.1, -0.05) is 48.5 Å². The van der Waals surface area contributed by atoms with Crippen molar-refractivity contribution in [2.45, 2.75) is 26.0 Å². The zero-order valence-electron chi connectivity index (χ0n) is 16.3. The summed E-state index contributed by atoms with van der Waals surface area (Å²) in [6.07, 6.45) is 0.889. The number of carbonyl (C=O) groups excluding carboxylic acids is 1. The SMILES string of the molecule is CC1Cc2ccccc2N1C(=O)c1cc2ccc(OCc3ccccc3)cc2[nH]1. The number of hydrogen-bond donors (Lipinski definition) is 1. The Morgan fingerprint density at radius 1 is 1.03 bits per heavy atom. The third-order valence-corrected chi connectivity index (χ3v) is 5.50. The van der Waals surface area contributed by atoms with Crippen molar-refractivity contribution >= 4 is 22.5 Å². The number of anilines is 1. The summed E-state index contributed by atoms with van der Waals surface area (Å²) < 4.78 is 5.92. The van der Waals surface area contributed by atoms with E-state index in [0.29, 0.717) is 12.3 Å². The molecule has 29 heavy (non-hydrogen) atoms. The van der Waals surface area contributed by atoms with Crippen LogP contribution in [0, 0.1) is 0 Å². The number of benzene rings is 3. The summed E-state index contributed by atoms with van der Waals surface area (Å²) >= 11 is 0. The van der Waals surface area contributed by atoms with Crippen molar-refractivity contribution < 1.29 is 9.53 Å². The van der Waals surface area contributed by atoms with Crippen LogP contribution in [0.3, 0.4) is 0 Å². The highest BCUT2D eigenvalue weighted by molar-refractivity contribution is 6.09. The first-order valence-corrected chi connectivity index (χ1v) is 9.90. The summed E-state index contributed by atoms with van der Waals surface area (Å²) in [7, 11) is 0. The average molecular weight is 382 g/mol. The summed E-state index contributed by atoms with van der Waals surface area (Å²) in [5.41, 5.74) is 4.86. The normalized spacial score (nSPS) is 15.5. The average Bonchev–Trinajstić information content (AvgIpc) is 3.32. The third kappa shape index (κ3) is 3.27. The van der Waals surface area contributed by atoms with Crippen LogP contribution in [0.25, 0.3) is 10.9 Å². The van der Waals surface area contributed by atoms with E-state index in [1.165, 1.54) is 5.56 Å². The second-order valence-corrected chi connectivity index (χ2v) is 7.56. The third-order valence-electron chi connectivity index (χ3n) is 5.50. The van der Waals surface area contributed by atoms with Gasteiger partial charge in [0.15, 0.2) is 0 Å². The number of aromatic amines is 1. The zero-order chi connectivity index (χ0) is 19.8. The summed E-state index contributed by atoms with van der Waals surface area (Å²) in [5, 5.41) is 1.00. The van der Waals surface area contributed by atoms with Gasteiger partial charge < -0.3 is 14.6 Å². The molecule has 0 spiro atoms. The van der Waals surface area contributed by atoms with Crippen molar-refractivity contribution in [3.8, 4) is 5.75 Å². The molecule has 3 aromatic carbocycles. The Kier molecular flexibility index (Phi) is 4.32. The molecule has 144 valence electrons. The van der Waals surface area contributed by atoms with E-state index >= 15 is 0 Å². The molecule has 5 rings (SSSR count). The maximum atomic E-state index is 13.2. The minimum atomic E-state index is 0.00500. The topological polar surface area (TPSA) is 45.3 Å². The molecule has 0 fully saturated rings. The molecule has 0 saturated heterocycles. The standard InChI is InChI=1S/C25H22N2O2/c1-17-13-20-9-5-6-10-24(20)27(17)25(28)23-14-19-11-12-21(15-22(19)26-23)29-16-18-7-3-2-4-8-18/h2-12,14-15,17,26H,13,16H2,1H3. The fourth-order valence-corrected chi connectivity index (χ4v) is 4.06. The molecule has 4 aromatic rings. The van der Waals surface area contributed by atoms with E-state index in [0.717, 1.165) is 34.3 Å². The highest BCUT2D eigenvalue weighted by Crippen LogP contribution is 2.33. The van der Waals surface area contributed by atoms with Gasteiger partial charge in [0.05, 0.1) is 0 Å². The molecule has 1 aliphatic heterocycles. The van der Waals surface area contributed by atoms with Crippen LogP contribution in [0.15, 0.2) is 78.9 Å². The Morgan fingerprint density at radius 2 is 1.83 bits per heavy atom. The van der Waals surface area contributed by atoms with Crippen molar-refractivity contribution in [1.29, 1.82) is 0 Å². The van der Waals surface area contributed by atoms with Gasteiger partial charge in [0.25, 0.3) is 5.91 Å². The maximum absolute atomic E-state index is 13.2. The van der Waals surface area contributed by atoms with Crippen LogP contribution in [-0.4, -0.2) is 16.9 Å². The number of ether oxygens (including phenoxy) is 1. The molecule has 0 radical (unpaired) electrons. The smallest absolute Gasteiger partial charge is 0.274 e. The Morgan fingerprint density at radius 3 is 2.69 bits per heavy atom. The van der Waals surface area contributed by atoms with Crippen LogP contribution in [0.4, 0.5) is 5.69 Å². The predicted molar refractivity (Wildman–Crippen MR) is 115 cm³/mol. The zero-order valence-corrected chi connectivity index (χ0v) is 16.3. The molecule has 4 heteroatoms. The molecule has 1 aromatic heterocycles. The molecular formula is C25H22N2O2. The van der Waals surface area contributed by atoms with Gasteiger partial charge in [-0.3, -0.25) is 4.79 Å². The van der Waals surface area contributed by atoms with Gasteiger partial charge in [-0.2, -0.15) is 0 Å². The molecule has 0 aliphatic carbocycles. The molecule has 4 nitrogen and oxygen atoms in total. The van der Waals surface area contributed by atoms with Crippen LogP contribution < -0.4 is 9.64 Å². The molecule has 1 aliphatic rings. The number of rotatable bonds is 4. The maximum Gasteiger partial charge on any atom is 0.274 e. The van der Waals surface area contributed by atoms with Gasteiger partial charge in [0, 0.05) is 28.7 Å².